The van der Waals surface area contributed by atoms with Gasteiger partial charge in [-0.1, -0.05) is 6.07 Å². The number of nitrogens with zero attached hydrogens (tertiary/aromatic N) is 2. The molecule has 1 aromatic heterocycles. The summed E-state index contributed by atoms with van der Waals surface area (Å²) in [5.41, 5.74) is 0.981. The van der Waals surface area contributed by atoms with Crippen LogP contribution in [0.4, 0.5) is 19.3 Å². The number of pyridine rings is 1. The smallest absolute Gasteiger partial charge is 0.317 e. The van der Waals surface area contributed by atoms with E-state index in [1.165, 1.54) is 12.1 Å². The Morgan fingerprint density at radius 2 is 2.00 bits per heavy atom. The van der Waals surface area contributed by atoms with Crippen molar-refractivity contribution < 1.29 is 13.6 Å². The molecule has 0 saturated carbocycles. The third kappa shape index (κ3) is 2.90. The van der Waals surface area contributed by atoms with Crippen LogP contribution >= 0.6 is 0 Å². The van der Waals surface area contributed by atoms with Gasteiger partial charge in [0.25, 0.3) is 0 Å². The molecule has 2 heterocycles. The zero-order valence-corrected chi connectivity index (χ0v) is 11.8. The van der Waals surface area contributed by atoms with Crippen molar-refractivity contribution in [3.8, 4) is 0 Å². The first-order chi connectivity index (χ1) is 10.6. The van der Waals surface area contributed by atoms with Crippen molar-refractivity contribution in [2.24, 2.45) is 0 Å². The van der Waals surface area contributed by atoms with Gasteiger partial charge in [-0.2, -0.15) is 0 Å². The lowest BCUT2D eigenvalue weighted by atomic mass is 10.0. The number of urea groups is 1. The van der Waals surface area contributed by atoms with Crippen LogP contribution in [0.25, 0.3) is 0 Å². The zero-order valence-electron chi connectivity index (χ0n) is 11.8. The molecule has 0 spiro atoms. The average molecular weight is 303 g/mol. The summed E-state index contributed by atoms with van der Waals surface area (Å²) in [5, 5.41) is 2.76. The molecule has 1 fully saturated rings. The molecule has 1 aliphatic rings. The summed E-state index contributed by atoms with van der Waals surface area (Å²) < 4.78 is 27.0. The lowest BCUT2D eigenvalue weighted by molar-refractivity contribution is 0.206. The van der Waals surface area contributed by atoms with Gasteiger partial charge in [0, 0.05) is 36.3 Å². The highest BCUT2D eigenvalue weighted by Crippen LogP contribution is 2.34. The highest BCUT2D eigenvalue weighted by molar-refractivity contribution is 5.89. The van der Waals surface area contributed by atoms with Crippen molar-refractivity contribution in [1.29, 1.82) is 0 Å². The molecule has 0 bridgehead atoms. The number of hydrogen-bond donors (Lipinski definition) is 1. The molecule has 6 heteroatoms. The normalized spacial score (nSPS) is 17.5. The summed E-state index contributed by atoms with van der Waals surface area (Å²) in [4.78, 5) is 17.8. The molecular weight excluding hydrogens is 288 g/mol. The predicted molar refractivity (Wildman–Crippen MR) is 78.3 cm³/mol. The van der Waals surface area contributed by atoms with Gasteiger partial charge in [-0.25, -0.2) is 13.6 Å². The fourth-order valence-corrected chi connectivity index (χ4v) is 2.74. The van der Waals surface area contributed by atoms with Gasteiger partial charge < -0.3 is 10.2 Å². The van der Waals surface area contributed by atoms with E-state index in [2.05, 4.69) is 10.3 Å². The highest BCUT2D eigenvalue weighted by Gasteiger charge is 2.31. The molecule has 1 aliphatic heterocycles. The van der Waals surface area contributed by atoms with Crippen LogP contribution in [-0.4, -0.2) is 22.5 Å². The van der Waals surface area contributed by atoms with Gasteiger partial charge in [-0.05, 0) is 31.0 Å². The summed E-state index contributed by atoms with van der Waals surface area (Å²) in [7, 11) is 0. The van der Waals surface area contributed by atoms with Crippen molar-refractivity contribution in [2.75, 3.05) is 11.9 Å². The van der Waals surface area contributed by atoms with Gasteiger partial charge in [-0.15, -0.1) is 0 Å². The number of aromatic nitrogens is 1. The largest absolute Gasteiger partial charge is 0.322 e. The molecule has 3 rings (SSSR count). The molecule has 1 saturated heterocycles. The number of nitrogens with one attached hydrogen (secondary N) is 1. The SMILES string of the molecule is O=C(Nc1ccncc1)N1CCCC1c1ccc(F)cc1F. The van der Waals surface area contributed by atoms with Crippen LogP contribution in [0, 0.1) is 11.6 Å². The lowest BCUT2D eigenvalue weighted by Crippen LogP contribution is -2.34. The molecule has 4 nitrogen and oxygen atoms in total. The third-order valence-electron chi connectivity index (χ3n) is 3.77. The molecular formula is C16H15F2N3O. The molecule has 1 unspecified atom stereocenters. The van der Waals surface area contributed by atoms with E-state index in [9.17, 15) is 13.6 Å². The van der Waals surface area contributed by atoms with Gasteiger partial charge in [0.15, 0.2) is 0 Å². The molecule has 2 amide bonds. The third-order valence-corrected chi connectivity index (χ3v) is 3.77. The standard InChI is InChI=1S/C16H15F2N3O/c17-11-3-4-13(14(18)10-11)15-2-1-9-21(15)16(22)20-12-5-7-19-8-6-12/h3-8,10,15H,1-2,9H2,(H,19,20,22). The van der Waals surface area contributed by atoms with E-state index in [1.807, 2.05) is 0 Å². The van der Waals surface area contributed by atoms with E-state index < -0.39 is 11.6 Å². The Balaban J connectivity index is 1.79. The van der Waals surface area contributed by atoms with Crippen LogP contribution in [0.15, 0.2) is 42.7 Å². The van der Waals surface area contributed by atoms with Gasteiger partial charge in [0.2, 0.25) is 0 Å². The molecule has 0 radical (unpaired) electrons. The Bertz CT molecular complexity index is 678. The first-order valence-electron chi connectivity index (χ1n) is 7.08. The summed E-state index contributed by atoms with van der Waals surface area (Å²) in [6, 6.07) is 6.18. The first-order valence-corrected chi connectivity index (χ1v) is 7.08. The molecule has 1 aromatic carbocycles. The molecule has 0 aliphatic carbocycles. The fourth-order valence-electron chi connectivity index (χ4n) is 2.74. The van der Waals surface area contributed by atoms with Crippen LogP contribution in [0.5, 0.6) is 0 Å². The van der Waals surface area contributed by atoms with E-state index in [0.29, 0.717) is 24.2 Å². The summed E-state index contributed by atoms with van der Waals surface area (Å²) >= 11 is 0. The maximum absolute atomic E-state index is 14.0. The monoisotopic (exact) mass is 303 g/mol. The number of likely N-dealkylation sites (tertiary alicyclic amines) is 1. The first kappa shape index (κ1) is 14.4. The Labute approximate surface area is 126 Å². The van der Waals surface area contributed by atoms with Crippen LogP contribution in [0.3, 0.4) is 0 Å². The Hall–Kier alpha value is -2.50. The van der Waals surface area contributed by atoms with Crippen molar-refractivity contribution >= 4 is 11.7 Å². The molecule has 1 N–H and O–H groups in total. The van der Waals surface area contributed by atoms with Gasteiger partial charge in [-0.3, -0.25) is 4.98 Å². The van der Waals surface area contributed by atoms with Gasteiger partial charge in [0.05, 0.1) is 6.04 Å². The molecule has 2 aromatic rings. The number of rotatable bonds is 2. The Morgan fingerprint density at radius 1 is 1.23 bits per heavy atom. The molecule has 1 atom stereocenters. The number of benzene rings is 1. The van der Waals surface area contributed by atoms with Crippen LogP contribution in [0.1, 0.15) is 24.4 Å². The number of carbonyl (C=O) groups excluding carboxylic acids is 1. The minimum absolute atomic E-state index is 0.294. The molecule has 114 valence electrons. The van der Waals surface area contributed by atoms with E-state index in [0.717, 1.165) is 12.5 Å². The van der Waals surface area contributed by atoms with Crippen LogP contribution in [-0.2, 0) is 0 Å². The topological polar surface area (TPSA) is 45.2 Å². The number of amides is 2. The molecule has 22 heavy (non-hydrogen) atoms. The number of hydrogen-bond acceptors (Lipinski definition) is 2. The fraction of sp³-hybridized carbons (Fsp3) is 0.250. The Morgan fingerprint density at radius 3 is 2.73 bits per heavy atom. The maximum atomic E-state index is 14.0. The van der Waals surface area contributed by atoms with Gasteiger partial charge >= 0.3 is 6.03 Å². The number of anilines is 1. The van der Waals surface area contributed by atoms with E-state index in [4.69, 9.17) is 0 Å². The van der Waals surface area contributed by atoms with Crippen LogP contribution < -0.4 is 5.32 Å². The number of halogens is 2. The Kier molecular flexibility index (Phi) is 4.00. The maximum Gasteiger partial charge on any atom is 0.322 e. The average Bonchev–Trinajstić information content (AvgIpc) is 2.97. The second kappa shape index (κ2) is 6.09. The van der Waals surface area contributed by atoms with E-state index >= 15 is 0 Å². The minimum Gasteiger partial charge on any atom is -0.317 e. The lowest BCUT2D eigenvalue weighted by Gasteiger charge is -2.25. The van der Waals surface area contributed by atoms with Crippen molar-refractivity contribution in [3.05, 3.63) is 59.9 Å². The predicted octanol–water partition coefficient (Wildman–Crippen LogP) is 3.73. The van der Waals surface area contributed by atoms with Crippen molar-refractivity contribution in [2.45, 2.75) is 18.9 Å². The highest BCUT2D eigenvalue weighted by atomic mass is 19.1. The summed E-state index contributed by atoms with van der Waals surface area (Å²) in [6.45, 7) is 0.540. The van der Waals surface area contributed by atoms with Crippen molar-refractivity contribution in [3.63, 3.8) is 0 Å². The van der Waals surface area contributed by atoms with Gasteiger partial charge in [0.1, 0.15) is 11.6 Å². The van der Waals surface area contributed by atoms with E-state index in [-0.39, 0.29) is 12.1 Å². The summed E-state index contributed by atoms with van der Waals surface area (Å²) in [6.07, 6.45) is 4.60. The zero-order chi connectivity index (χ0) is 15.5. The quantitative estimate of drug-likeness (QED) is 0.919. The second-order valence-electron chi connectivity index (χ2n) is 5.18. The van der Waals surface area contributed by atoms with Crippen LogP contribution in [0.2, 0.25) is 0 Å². The number of carbonyl (C=O) groups is 1. The second-order valence-corrected chi connectivity index (χ2v) is 5.18. The van der Waals surface area contributed by atoms with Crippen molar-refractivity contribution in [1.82, 2.24) is 9.88 Å². The van der Waals surface area contributed by atoms with E-state index in [1.54, 1.807) is 29.4 Å². The summed E-state index contributed by atoms with van der Waals surface area (Å²) in [5.74, 6) is -1.24. The minimum atomic E-state index is -0.618.